The van der Waals surface area contributed by atoms with E-state index in [-0.39, 0.29) is 5.78 Å². The fourth-order valence-electron chi connectivity index (χ4n) is 1.38. The molecule has 1 aromatic carbocycles. The average molecular weight is 176 g/mol. The largest absolute Gasteiger partial charge is 0.295 e. The highest BCUT2D eigenvalue weighted by Gasteiger charge is 2.06. The van der Waals surface area contributed by atoms with Crippen molar-refractivity contribution in [3.05, 3.63) is 34.9 Å². The molecular weight excluding hydrogens is 160 g/mol. The van der Waals surface area contributed by atoms with Crippen LogP contribution >= 0.6 is 0 Å². The minimum atomic E-state index is 0.153. The average Bonchev–Trinajstić information content (AvgIpc) is 2.04. The molecule has 0 heterocycles. The maximum atomic E-state index is 11.2. The second-order valence-electron chi connectivity index (χ2n) is 3.79. The van der Waals surface area contributed by atoms with Crippen molar-refractivity contribution in [2.45, 2.75) is 33.6 Å². The van der Waals surface area contributed by atoms with Crippen LogP contribution in [0.15, 0.2) is 18.2 Å². The van der Waals surface area contributed by atoms with Crippen molar-refractivity contribution in [1.82, 2.24) is 0 Å². The third kappa shape index (κ3) is 2.18. The highest BCUT2D eigenvalue weighted by molar-refractivity contribution is 5.95. The highest BCUT2D eigenvalue weighted by Crippen LogP contribution is 2.18. The topological polar surface area (TPSA) is 17.1 Å². The van der Waals surface area contributed by atoms with E-state index in [0.717, 1.165) is 11.1 Å². The van der Waals surface area contributed by atoms with Crippen molar-refractivity contribution in [1.29, 1.82) is 0 Å². The Balaban J connectivity index is 3.19. The Labute approximate surface area is 79.8 Å². The second kappa shape index (κ2) is 3.73. The Hall–Kier alpha value is -1.11. The lowest BCUT2D eigenvalue weighted by atomic mass is 9.96. The molecular formula is C12H16O. The van der Waals surface area contributed by atoms with Crippen LogP contribution in [0.4, 0.5) is 0 Å². The molecule has 0 aliphatic carbocycles. The van der Waals surface area contributed by atoms with Gasteiger partial charge in [0.05, 0.1) is 0 Å². The van der Waals surface area contributed by atoms with Gasteiger partial charge >= 0.3 is 0 Å². The first-order chi connectivity index (χ1) is 6.02. The molecule has 0 radical (unpaired) electrons. The van der Waals surface area contributed by atoms with E-state index in [2.05, 4.69) is 19.9 Å². The summed E-state index contributed by atoms with van der Waals surface area (Å²) in [5.74, 6) is 0.638. The molecule has 0 aliphatic rings. The fraction of sp³-hybridized carbons (Fsp3) is 0.417. The number of aryl methyl sites for hydroxylation is 1. The van der Waals surface area contributed by atoms with Crippen LogP contribution in [0.25, 0.3) is 0 Å². The first kappa shape index (κ1) is 9.97. The van der Waals surface area contributed by atoms with Gasteiger partial charge in [0.2, 0.25) is 0 Å². The molecule has 0 fully saturated rings. The molecule has 0 saturated heterocycles. The van der Waals surface area contributed by atoms with E-state index in [1.165, 1.54) is 5.56 Å². The van der Waals surface area contributed by atoms with Crippen LogP contribution in [0.1, 0.15) is 48.2 Å². The fourth-order valence-corrected chi connectivity index (χ4v) is 1.38. The molecule has 13 heavy (non-hydrogen) atoms. The van der Waals surface area contributed by atoms with Gasteiger partial charge in [0.25, 0.3) is 0 Å². The van der Waals surface area contributed by atoms with Gasteiger partial charge in [-0.3, -0.25) is 4.79 Å². The quantitative estimate of drug-likeness (QED) is 0.632. The molecule has 1 heteroatoms. The van der Waals surface area contributed by atoms with Gasteiger partial charge < -0.3 is 0 Å². The molecule has 0 spiro atoms. The molecule has 70 valence electrons. The van der Waals surface area contributed by atoms with Crippen LogP contribution in [0.5, 0.6) is 0 Å². The van der Waals surface area contributed by atoms with Crippen molar-refractivity contribution in [2.75, 3.05) is 0 Å². The number of Topliss-reactive ketones (excluding diaryl/α,β-unsaturated/α-hetero) is 1. The van der Waals surface area contributed by atoms with E-state index in [1.807, 2.05) is 19.1 Å². The lowest BCUT2D eigenvalue weighted by Gasteiger charge is -2.08. The summed E-state index contributed by atoms with van der Waals surface area (Å²) in [4.78, 5) is 11.2. The van der Waals surface area contributed by atoms with E-state index in [1.54, 1.807) is 6.92 Å². The summed E-state index contributed by atoms with van der Waals surface area (Å²) in [5.41, 5.74) is 3.15. The number of benzene rings is 1. The van der Waals surface area contributed by atoms with E-state index in [4.69, 9.17) is 0 Å². The van der Waals surface area contributed by atoms with Crippen molar-refractivity contribution in [2.24, 2.45) is 0 Å². The summed E-state index contributed by atoms with van der Waals surface area (Å²) < 4.78 is 0. The molecule has 0 saturated carbocycles. The summed E-state index contributed by atoms with van der Waals surface area (Å²) in [7, 11) is 0. The van der Waals surface area contributed by atoms with Crippen LogP contribution in [-0.2, 0) is 0 Å². The smallest absolute Gasteiger partial charge is 0.160 e. The number of hydrogen-bond acceptors (Lipinski definition) is 1. The Kier molecular flexibility index (Phi) is 2.86. The molecule has 0 amide bonds. The van der Waals surface area contributed by atoms with Crippen LogP contribution in [-0.4, -0.2) is 5.78 Å². The monoisotopic (exact) mass is 176 g/mol. The number of carbonyl (C=O) groups is 1. The Bertz CT molecular complexity index is 324. The third-order valence-corrected chi connectivity index (χ3v) is 2.31. The zero-order valence-electron chi connectivity index (χ0n) is 8.72. The summed E-state index contributed by atoms with van der Waals surface area (Å²) in [5, 5.41) is 0. The standard InChI is InChI=1S/C12H16O/c1-8(2)11-6-5-9(3)12(7-11)10(4)13/h5-8H,1-4H3. The van der Waals surface area contributed by atoms with E-state index < -0.39 is 0 Å². The van der Waals surface area contributed by atoms with Gasteiger partial charge in [0.1, 0.15) is 0 Å². The molecule has 0 aliphatic heterocycles. The van der Waals surface area contributed by atoms with Crippen molar-refractivity contribution < 1.29 is 4.79 Å². The summed E-state index contributed by atoms with van der Waals surface area (Å²) >= 11 is 0. The van der Waals surface area contributed by atoms with Gasteiger partial charge in [0, 0.05) is 5.56 Å². The first-order valence-electron chi connectivity index (χ1n) is 4.64. The van der Waals surface area contributed by atoms with E-state index >= 15 is 0 Å². The molecule has 0 atom stereocenters. The van der Waals surface area contributed by atoms with Crippen molar-refractivity contribution >= 4 is 5.78 Å². The number of carbonyl (C=O) groups excluding carboxylic acids is 1. The maximum Gasteiger partial charge on any atom is 0.160 e. The molecule has 0 bridgehead atoms. The SMILES string of the molecule is CC(=O)c1cc(C(C)C)ccc1C. The number of rotatable bonds is 2. The maximum absolute atomic E-state index is 11.2. The summed E-state index contributed by atoms with van der Waals surface area (Å²) in [6, 6.07) is 6.11. The van der Waals surface area contributed by atoms with Crippen LogP contribution in [0.2, 0.25) is 0 Å². The number of hydrogen-bond donors (Lipinski definition) is 0. The van der Waals surface area contributed by atoms with Gasteiger partial charge in [-0.05, 0) is 37.0 Å². The van der Waals surface area contributed by atoms with Crippen LogP contribution in [0.3, 0.4) is 0 Å². The zero-order valence-corrected chi connectivity index (χ0v) is 8.72. The third-order valence-electron chi connectivity index (χ3n) is 2.31. The molecule has 0 unspecified atom stereocenters. The van der Waals surface area contributed by atoms with Gasteiger partial charge in [-0.15, -0.1) is 0 Å². The predicted molar refractivity (Wildman–Crippen MR) is 55.3 cm³/mol. The molecule has 0 aromatic heterocycles. The Morgan fingerprint density at radius 2 is 1.92 bits per heavy atom. The van der Waals surface area contributed by atoms with Gasteiger partial charge in [-0.25, -0.2) is 0 Å². The van der Waals surface area contributed by atoms with Crippen molar-refractivity contribution in [3.63, 3.8) is 0 Å². The predicted octanol–water partition coefficient (Wildman–Crippen LogP) is 3.32. The minimum Gasteiger partial charge on any atom is -0.295 e. The molecule has 0 N–H and O–H groups in total. The van der Waals surface area contributed by atoms with Crippen molar-refractivity contribution in [3.8, 4) is 0 Å². The normalized spacial score (nSPS) is 10.5. The highest BCUT2D eigenvalue weighted by atomic mass is 16.1. The Morgan fingerprint density at radius 3 is 2.38 bits per heavy atom. The van der Waals surface area contributed by atoms with Crippen LogP contribution in [0, 0.1) is 6.92 Å². The first-order valence-corrected chi connectivity index (χ1v) is 4.64. The minimum absolute atomic E-state index is 0.153. The van der Waals surface area contributed by atoms with Gasteiger partial charge in [0.15, 0.2) is 5.78 Å². The van der Waals surface area contributed by atoms with Gasteiger partial charge in [-0.1, -0.05) is 26.0 Å². The molecule has 1 rings (SSSR count). The Morgan fingerprint density at radius 1 is 1.31 bits per heavy atom. The zero-order chi connectivity index (χ0) is 10.0. The summed E-state index contributed by atoms with van der Waals surface area (Å²) in [6.07, 6.45) is 0. The summed E-state index contributed by atoms with van der Waals surface area (Å²) in [6.45, 7) is 7.86. The molecule has 1 nitrogen and oxygen atoms in total. The number of ketones is 1. The lowest BCUT2D eigenvalue weighted by Crippen LogP contribution is -1.98. The van der Waals surface area contributed by atoms with Gasteiger partial charge in [-0.2, -0.15) is 0 Å². The lowest BCUT2D eigenvalue weighted by molar-refractivity contribution is 0.101. The van der Waals surface area contributed by atoms with Crippen LogP contribution < -0.4 is 0 Å². The second-order valence-corrected chi connectivity index (χ2v) is 3.79. The van der Waals surface area contributed by atoms with E-state index in [9.17, 15) is 4.79 Å². The van der Waals surface area contributed by atoms with E-state index in [0.29, 0.717) is 5.92 Å². The molecule has 1 aromatic rings.